The highest BCUT2D eigenvalue weighted by Gasteiger charge is 2.04. The molecule has 0 fully saturated rings. The van der Waals surface area contributed by atoms with Crippen LogP contribution in [0.5, 0.6) is 0 Å². The fraction of sp³-hybridized carbons (Fsp3) is 0.182. The van der Waals surface area contributed by atoms with Gasteiger partial charge >= 0.3 is 0 Å². The molecule has 6 heteroatoms. The standard InChI is InChI=1S/C11H12N2O4/c1-12(17-2)11(14)8-5-9-3-6-10(7-4-9)13(15)16/h3-8H,1-2H3/b8-5+. The summed E-state index contributed by atoms with van der Waals surface area (Å²) in [7, 11) is 2.88. The van der Waals surface area contributed by atoms with E-state index in [1.165, 1.54) is 32.4 Å². The van der Waals surface area contributed by atoms with Crippen molar-refractivity contribution in [2.75, 3.05) is 14.2 Å². The van der Waals surface area contributed by atoms with E-state index in [4.69, 9.17) is 4.84 Å². The van der Waals surface area contributed by atoms with Crippen LogP contribution in [0.4, 0.5) is 5.69 Å². The van der Waals surface area contributed by atoms with Crippen LogP contribution in [-0.4, -0.2) is 30.1 Å². The molecule has 1 aromatic rings. The summed E-state index contributed by atoms with van der Waals surface area (Å²) in [5.41, 5.74) is 0.718. The summed E-state index contributed by atoms with van der Waals surface area (Å²) in [5.74, 6) is -0.314. The average molecular weight is 236 g/mol. The minimum absolute atomic E-state index is 0.0162. The number of nitro groups is 1. The lowest BCUT2D eigenvalue weighted by molar-refractivity contribution is -0.384. The lowest BCUT2D eigenvalue weighted by Crippen LogP contribution is -2.22. The molecule has 0 heterocycles. The number of hydrogen-bond acceptors (Lipinski definition) is 4. The maximum absolute atomic E-state index is 11.3. The van der Waals surface area contributed by atoms with E-state index in [1.807, 2.05) is 0 Å². The van der Waals surface area contributed by atoms with Crippen LogP contribution in [0.3, 0.4) is 0 Å². The molecule has 0 bridgehead atoms. The van der Waals surface area contributed by atoms with Crippen LogP contribution in [0.1, 0.15) is 5.56 Å². The summed E-state index contributed by atoms with van der Waals surface area (Å²) in [6, 6.07) is 5.89. The Hall–Kier alpha value is -2.21. The first-order valence-corrected chi connectivity index (χ1v) is 4.79. The quantitative estimate of drug-likeness (QED) is 0.452. The topological polar surface area (TPSA) is 72.7 Å². The van der Waals surface area contributed by atoms with Crippen molar-refractivity contribution in [3.63, 3.8) is 0 Å². The van der Waals surface area contributed by atoms with Gasteiger partial charge < -0.3 is 0 Å². The highest BCUT2D eigenvalue weighted by Crippen LogP contribution is 2.12. The van der Waals surface area contributed by atoms with Crippen LogP contribution in [0.2, 0.25) is 0 Å². The number of carbonyl (C=O) groups excluding carboxylic acids is 1. The Morgan fingerprint density at radius 3 is 2.47 bits per heavy atom. The van der Waals surface area contributed by atoms with Gasteiger partial charge in [0, 0.05) is 25.3 Å². The van der Waals surface area contributed by atoms with Crippen LogP contribution in [0, 0.1) is 10.1 Å². The van der Waals surface area contributed by atoms with Crippen LogP contribution in [-0.2, 0) is 9.63 Å². The number of hydroxylamine groups is 2. The summed E-state index contributed by atoms with van der Waals surface area (Å²) in [6.45, 7) is 0. The van der Waals surface area contributed by atoms with E-state index >= 15 is 0 Å². The van der Waals surface area contributed by atoms with E-state index in [9.17, 15) is 14.9 Å². The summed E-state index contributed by atoms with van der Waals surface area (Å²) >= 11 is 0. The number of nitrogens with zero attached hydrogens (tertiary/aromatic N) is 2. The molecule has 6 nitrogen and oxygen atoms in total. The third-order valence-corrected chi connectivity index (χ3v) is 2.11. The number of likely N-dealkylation sites (N-methyl/N-ethyl adjacent to an activating group) is 1. The zero-order chi connectivity index (χ0) is 12.8. The van der Waals surface area contributed by atoms with Gasteiger partial charge in [0.1, 0.15) is 0 Å². The lowest BCUT2D eigenvalue weighted by atomic mass is 10.2. The number of amides is 1. The predicted octanol–water partition coefficient (Wildman–Crippen LogP) is 1.63. The minimum atomic E-state index is -0.475. The average Bonchev–Trinajstić information content (AvgIpc) is 2.35. The van der Waals surface area contributed by atoms with E-state index in [1.54, 1.807) is 18.2 Å². The van der Waals surface area contributed by atoms with Crippen molar-refractivity contribution in [1.82, 2.24) is 5.06 Å². The molecule has 0 atom stereocenters. The maximum atomic E-state index is 11.3. The van der Waals surface area contributed by atoms with Crippen LogP contribution in [0.15, 0.2) is 30.3 Å². The molecule has 0 saturated carbocycles. The zero-order valence-corrected chi connectivity index (χ0v) is 9.49. The van der Waals surface area contributed by atoms with Gasteiger partial charge in [-0.2, -0.15) is 0 Å². The molecular weight excluding hydrogens is 224 g/mol. The van der Waals surface area contributed by atoms with Gasteiger partial charge in [-0.1, -0.05) is 0 Å². The fourth-order valence-electron chi connectivity index (χ4n) is 1.07. The second-order valence-corrected chi connectivity index (χ2v) is 3.20. The molecule has 0 saturated heterocycles. The van der Waals surface area contributed by atoms with Crippen molar-refractivity contribution in [3.05, 3.63) is 46.0 Å². The molecule has 0 N–H and O–H groups in total. The molecule has 0 aliphatic carbocycles. The molecule has 0 aliphatic rings. The second-order valence-electron chi connectivity index (χ2n) is 3.20. The first kappa shape index (κ1) is 12.9. The number of nitro benzene ring substituents is 1. The van der Waals surface area contributed by atoms with E-state index in [-0.39, 0.29) is 11.6 Å². The lowest BCUT2D eigenvalue weighted by Gasteiger charge is -2.09. The molecule has 0 radical (unpaired) electrons. The highest BCUT2D eigenvalue weighted by atomic mass is 16.7. The predicted molar refractivity (Wildman–Crippen MR) is 61.9 cm³/mol. The van der Waals surface area contributed by atoms with E-state index in [0.29, 0.717) is 5.56 Å². The normalized spacial score (nSPS) is 10.5. The van der Waals surface area contributed by atoms with Crippen molar-refractivity contribution in [2.24, 2.45) is 0 Å². The Balaban J connectivity index is 2.72. The molecule has 0 spiro atoms. The van der Waals surface area contributed by atoms with Crippen LogP contribution < -0.4 is 0 Å². The summed E-state index contributed by atoms with van der Waals surface area (Å²) < 4.78 is 0. The summed E-state index contributed by atoms with van der Waals surface area (Å²) in [5, 5.41) is 11.5. The first-order chi connectivity index (χ1) is 8.04. The molecule has 1 rings (SSSR count). The van der Waals surface area contributed by atoms with Crippen molar-refractivity contribution in [2.45, 2.75) is 0 Å². The Morgan fingerprint density at radius 1 is 1.41 bits per heavy atom. The highest BCUT2D eigenvalue weighted by molar-refractivity contribution is 5.90. The number of non-ortho nitro benzene ring substituents is 1. The van der Waals surface area contributed by atoms with Gasteiger partial charge in [0.25, 0.3) is 11.6 Å². The van der Waals surface area contributed by atoms with Gasteiger partial charge in [-0.05, 0) is 23.8 Å². The minimum Gasteiger partial charge on any atom is -0.274 e. The second kappa shape index (κ2) is 5.76. The molecule has 0 aliphatic heterocycles. The SMILES string of the molecule is CON(C)C(=O)/C=C/c1ccc([N+](=O)[O-])cc1. The van der Waals surface area contributed by atoms with Gasteiger partial charge in [-0.25, -0.2) is 5.06 Å². The summed E-state index contributed by atoms with van der Waals surface area (Å²) in [6.07, 6.45) is 2.88. The van der Waals surface area contributed by atoms with Gasteiger partial charge in [-0.3, -0.25) is 19.7 Å². The Kier molecular flexibility index (Phi) is 4.36. The monoisotopic (exact) mass is 236 g/mol. The molecule has 90 valence electrons. The van der Waals surface area contributed by atoms with Gasteiger partial charge in [0.05, 0.1) is 12.0 Å². The third kappa shape index (κ3) is 3.69. The van der Waals surface area contributed by atoms with Crippen LogP contribution in [0.25, 0.3) is 6.08 Å². The van der Waals surface area contributed by atoms with Gasteiger partial charge in [-0.15, -0.1) is 0 Å². The van der Waals surface area contributed by atoms with Gasteiger partial charge in [0.15, 0.2) is 0 Å². The van der Waals surface area contributed by atoms with Crippen molar-refractivity contribution in [1.29, 1.82) is 0 Å². The molecular formula is C11H12N2O4. The Bertz CT molecular complexity index is 439. The Labute approximate surface area is 98.2 Å². The largest absolute Gasteiger partial charge is 0.274 e. The molecule has 1 amide bonds. The Morgan fingerprint density at radius 2 is 2.00 bits per heavy atom. The molecule has 0 unspecified atom stereocenters. The number of benzene rings is 1. The zero-order valence-electron chi connectivity index (χ0n) is 9.49. The van der Waals surface area contributed by atoms with Crippen molar-refractivity contribution < 1.29 is 14.6 Å². The molecule has 17 heavy (non-hydrogen) atoms. The van der Waals surface area contributed by atoms with E-state index in [2.05, 4.69) is 0 Å². The number of rotatable bonds is 4. The molecule has 0 aromatic heterocycles. The number of carbonyl (C=O) groups is 1. The first-order valence-electron chi connectivity index (χ1n) is 4.79. The summed E-state index contributed by atoms with van der Waals surface area (Å²) in [4.78, 5) is 26.0. The number of hydrogen-bond donors (Lipinski definition) is 0. The van der Waals surface area contributed by atoms with E-state index < -0.39 is 4.92 Å². The van der Waals surface area contributed by atoms with Crippen molar-refractivity contribution >= 4 is 17.7 Å². The smallest absolute Gasteiger partial charge is 0.269 e. The fourth-order valence-corrected chi connectivity index (χ4v) is 1.07. The van der Waals surface area contributed by atoms with Crippen LogP contribution >= 0.6 is 0 Å². The maximum Gasteiger partial charge on any atom is 0.269 e. The van der Waals surface area contributed by atoms with E-state index in [0.717, 1.165) is 5.06 Å². The third-order valence-electron chi connectivity index (χ3n) is 2.11. The molecule has 1 aromatic carbocycles. The van der Waals surface area contributed by atoms with Crippen molar-refractivity contribution in [3.8, 4) is 0 Å². The van der Waals surface area contributed by atoms with Gasteiger partial charge in [0.2, 0.25) is 0 Å².